The number of esters is 1. The van der Waals surface area contributed by atoms with Gasteiger partial charge in [0.2, 0.25) is 6.79 Å². The fourth-order valence-electron chi connectivity index (χ4n) is 4.01. The van der Waals surface area contributed by atoms with Gasteiger partial charge in [-0.3, -0.25) is 9.59 Å². The first-order valence-corrected chi connectivity index (χ1v) is 11.0. The second-order valence-electron chi connectivity index (χ2n) is 7.96. The van der Waals surface area contributed by atoms with E-state index in [9.17, 15) is 9.59 Å². The van der Waals surface area contributed by atoms with Crippen molar-refractivity contribution < 1.29 is 33.3 Å². The molecule has 3 aromatic rings. The summed E-state index contributed by atoms with van der Waals surface area (Å²) in [6.45, 7) is 2.01. The van der Waals surface area contributed by atoms with Gasteiger partial charge in [0.15, 0.2) is 17.3 Å². The monoisotopic (exact) mass is 474 g/mol. The molecular weight excluding hydrogens is 448 g/mol. The van der Waals surface area contributed by atoms with Gasteiger partial charge in [0.25, 0.3) is 0 Å². The lowest BCUT2D eigenvalue weighted by molar-refractivity contribution is -0.141. The van der Waals surface area contributed by atoms with Gasteiger partial charge >= 0.3 is 5.97 Å². The van der Waals surface area contributed by atoms with Crippen LogP contribution in [0.15, 0.2) is 66.2 Å². The van der Waals surface area contributed by atoms with Gasteiger partial charge in [0.05, 0.1) is 21.3 Å². The molecule has 0 spiro atoms. The van der Waals surface area contributed by atoms with Crippen molar-refractivity contribution in [2.75, 3.05) is 28.1 Å². The molecule has 1 aliphatic rings. The van der Waals surface area contributed by atoms with E-state index < -0.39 is 11.9 Å². The number of ether oxygens (including phenoxy) is 5. The predicted octanol–water partition coefficient (Wildman–Crippen LogP) is 4.96. The molecular formula is C28H26O7. The minimum atomic E-state index is -0.994. The summed E-state index contributed by atoms with van der Waals surface area (Å²) in [5, 5.41) is 0. The fourth-order valence-corrected chi connectivity index (χ4v) is 4.01. The molecule has 1 unspecified atom stereocenters. The van der Waals surface area contributed by atoms with Crippen LogP contribution in [0.25, 0.3) is 6.08 Å². The molecule has 1 aliphatic heterocycles. The molecule has 0 saturated carbocycles. The molecule has 4 rings (SSSR count). The summed E-state index contributed by atoms with van der Waals surface area (Å²) in [6.07, 6.45) is 1.71. The van der Waals surface area contributed by atoms with Crippen molar-refractivity contribution in [2.45, 2.75) is 12.8 Å². The maximum Gasteiger partial charge on any atom is 0.317 e. The number of ketones is 1. The molecule has 0 fully saturated rings. The number of methoxy groups -OCH3 is 3. The molecule has 0 saturated heterocycles. The minimum absolute atomic E-state index is 0.0975. The Hall–Kier alpha value is -4.26. The van der Waals surface area contributed by atoms with Gasteiger partial charge in [-0.25, -0.2) is 0 Å². The van der Waals surface area contributed by atoms with E-state index in [1.807, 2.05) is 25.1 Å². The highest BCUT2D eigenvalue weighted by molar-refractivity contribution is 6.15. The lowest BCUT2D eigenvalue weighted by Gasteiger charge is -2.19. The molecule has 180 valence electrons. The zero-order chi connectivity index (χ0) is 24.9. The summed E-state index contributed by atoms with van der Waals surface area (Å²) >= 11 is 0. The summed E-state index contributed by atoms with van der Waals surface area (Å²) in [4.78, 5) is 26.9. The van der Waals surface area contributed by atoms with E-state index in [4.69, 9.17) is 23.7 Å². The Bertz CT molecular complexity index is 1270. The van der Waals surface area contributed by atoms with Crippen LogP contribution in [-0.4, -0.2) is 39.9 Å². The van der Waals surface area contributed by atoms with Gasteiger partial charge in [-0.15, -0.1) is 0 Å². The molecule has 0 aromatic heterocycles. The van der Waals surface area contributed by atoms with Crippen LogP contribution in [0.2, 0.25) is 0 Å². The SMILES string of the molecule is COC(=O)C(/C(=C\c1ccc(OC)c(C)c1)C(=O)c1ccc(OC)cc1)c1ccc2c(c1)OCO2. The Morgan fingerprint density at radius 3 is 2.29 bits per heavy atom. The Morgan fingerprint density at radius 2 is 1.63 bits per heavy atom. The van der Waals surface area contributed by atoms with Crippen molar-refractivity contribution in [3.05, 3.63) is 88.5 Å². The van der Waals surface area contributed by atoms with E-state index in [-0.39, 0.29) is 18.1 Å². The van der Waals surface area contributed by atoms with Gasteiger partial charge in [0.1, 0.15) is 17.4 Å². The number of carbonyl (C=O) groups excluding carboxylic acids is 2. The minimum Gasteiger partial charge on any atom is -0.497 e. The number of carbonyl (C=O) groups is 2. The van der Waals surface area contributed by atoms with E-state index in [1.165, 1.54) is 7.11 Å². The Labute approximate surface area is 203 Å². The van der Waals surface area contributed by atoms with Crippen LogP contribution in [0.3, 0.4) is 0 Å². The quantitative estimate of drug-likeness (QED) is 0.259. The Kier molecular flexibility index (Phi) is 7.06. The first-order valence-electron chi connectivity index (χ1n) is 11.0. The van der Waals surface area contributed by atoms with Gasteiger partial charge in [-0.1, -0.05) is 12.1 Å². The van der Waals surface area contributed by atoms with Crippen molar-refractivity contribution in [3.8, 4) is 23.0 Å². The summed E-state index contributed by atoms with van der Waals surface area (Å²) in [5.74, 6) is 0.564. The van der Waals surface area contributed by atoms with E-state index in [1.54, 1.807) is 62.8 Å². The molecule has 35 heavy (non-hydrogen) atoms. The molecule has 0 radical (unpaired) electrons. The first kappa shape index (κ1) is 23.9. The number of Topliss-reactive ketones (excluding diaryl/α,β-unsaturated/α-hetero) is 1. The van der Waals surface area contributed by atoms with Crippen molar-refractivity contribution in [1.29, 1.82) is 0 Å². The molecule has 0 aliphatic carbocycles. The van der Waals surface area contributed by atoms with Crippen molar-refractivity contribution in [2.24, 2.45) is 0 Å². The number of hydrogen-bond acceptors (Lipinski definition) is 7. The summed E-state index contributed by atoms with van der Waals surface area (Å²) < 4.78 is 26.6. The van der Waals surface area contributed by atoms with Gasteiger partial charge in [-0.2, -0.15) is 0 Å². The Morgan fingerprint density at radius 1 is 0.886 bits per heavy atom. The van der Waals surface area contributed by atoms with Crippen LogP contribution in [0.5, 0.6) is 23.0 Å². The van der Waals surface area contributed by atoms with Gasteiger partial charge in [0, 0.05) is 11.1 Å². The smallest absolute Gasteiger partial charge is 0.317 e. The van der Waals surface area contributed by atoms with Gasteiger partial charge < -0.3 is 23.7 Å². The van der Waals surface area contributed by atoms with Crippen molar-refractivity contribution in [1.82, 2.24) is 0 Å². The number of benzene rings is 3. The third-order valence-corrected chi connectivity index (χ3v) is 5.83. The average Bonchev–Trinajstić information content (AvgIpc) is 3.36. The Balaban J connectivity index is 1.87. The molecule has 1 atom stereocenters. The largest absolute Gasteiger partial charge is 0.497 e. The van der Waals surface area contributed by atoms with E-state index in [2.05, 4.69) is 0 Å². The second-order valence-corrected chi connectivity index (χ2v) is 7.96. The molecule has 0 N–H and O–H groups in total. The maximum absolute atomic E-state index is 13.8. The van der Waals surface area contributed by atoms with E-state index in [0.717, 1.165) is 16.9 Å². The van der Waals surface area contributed by atoms with E-state index in [0.29, 0.717) is 28.4 Å². The zero-order valence-corrected chi connectivity index (χ0v) is 20.0. The number of fused-ring (bicyclic) bond motifs is 1. The van der Waals surface area contributed by atoms with Gasteiger partial charge in [-0.05, 0) is 78.2 Å². The van der Waals surface area contributed by atoms with Crippen LogP contribution in [-0.2, 0) is 9.53 Å². The maximum atomic E-state index is 13.8. The molecule has 7 nitrogen and oxygen atoms in total. The first-order chi connectivity index (χ1) is 16.9. The third-order valence-electron chi connectivity index (χ3n) is 5.83. The summed E-state index contributed by atoms with van der Waals surface area (Å²) in [7, 11) is 4.46. The summed E-state index contributed by atoms with van der Waals surface area (Å²) in [5.41, 5.74) is 2.87. The van der Waals surface area contributed by atoms with Crippen LogP contribution in [0, 0.1) is 6.92 Å². The topological polar surface area (TPSA) is 80.3 Å². The van der Waals surface area contributed by atoms with Crippen LogP contribution in [0.4, 0.5) is 0 Å². The predicted molar refractivity (Wildman–Crippen MR) is 130 cm³/mol. The van der Waals surface area contributed by atoms with Crippen LogP contribution >= 0.6 is 0 Å². The van der Waals surface area contributed by atoms with Crippen LogP contribution in [0.1, 0.15) is 33.0 Å². The lowest BCUT2D eigenvalue weighted by atomic mass is 9.84. The number of rotatable bonds is 8. The number of hydrogen-bond donors (Lipinski definition) is 0. The fraction of sp³-hybridized carbons (Fsp3) is 0.214. The average molecular weight is 475 g/mol. The van der Waals surface area contributed by atoms with Crippen molar-refractivity contribution >= 4 is 17.8 Å². The molecule has 0 amide bonds. The number of aryl methyl sites for hydroxylation is 1. The third kappa shape index (κ3) is 4.99. The summed E-state index contributed by atoms with van der Waals surface area (Å²) in [6, 6.07) is 17.5. The molecule has 7 heteroatoms. The van der Waals surface area contributed by atoms with Crippen molar-refractivity contribution in [3.63, 3.8) is 0 Å². The highest BCUT2D eigenvalue weighted by Gasteiger charge is 2.32. The van der Waals surface area contributed by atoms with Crippen LogP contribution < -0.4 is 18.9 Å². The second kappa shape index (κ2) is 10.3. The highest BCUT2D eigenvalue weighted by Crippen LogP contribution is 2.38. The standard InChI is InChI=1S/C28H26O7/c1-17-13-18(5-11-23(17)32-3)14-22(27(29)19-6-9-21(31-2)10-7-19)26(28(30)33-4)20-8-12-24-25(15-20)35-16-34-24/h5-15,26H,16H2,1-4H3/b22-14+. The molecule has 1 heterocycles. The lowest BCUT2D eigenvalue weighted by Crippen LogP contribution is -2.21. The van der Waals surface area contributed by atoms with E-state index >= 15 is 0 Å². The highest BCUT2D eigenvalue weighted by atomic mass is 16.7. The normalized spacial score (nSPS) is 13.2. The molecule has 3 aromatic carbocycles. The zero-order valence-electron chi connectivity index (χ0n) is 20.0. The molecule has 0 bridgehead atoms.